The fourth-order valence-corrected chi connectivity index (χ4v) is 6.67. The van der Waals surface area contributed by atoms with Crippen LogP contribution in [0.5, 0.6) is 0 Å². The highest BCUT2D eigenvalue weighted by atomic mass is 32.1. The number of ether oxygens (including phenoxy) is 1. The van der Waals surface area contributed by atoms with Crippen molar-refractivity contribution in [3.63, 3.8) is 0 Å². The van der Waals surface area contributed by atoms with E-state index in [1.54, 1.807) is 16.8 Å². The summed E-state index contributed by atoms with van der Waals surface area (Å²) in [5.41, 5.74) is 2.74. The Hall–Kier alpha value is -2.83. The molecule has 0 spiro atoms. The Bertz CT molecular complexity index is 1380. The van der Waals surface area contributed by atoms with Crippen molar-refractivity contribution >= 4 is 17.0 Å². The summed E-state index contributed by atoms with van der Waals surface area (Å²) in [7, 11) is 0. The summed E-state index contributed by atoms with van der Waals surface area (Å²) in [4.78, 5) is 12.4. The molecule has 0 atom stereocenters. The Morgan fingerprint density at radius 2 is 1.92 bits per heavy atom. The van der Waals surface area contributed by atoms with Crippen LogP contribution >= 0.6 is 11.3 Å². The number of halogens is 3. The van der Waals surface area contributed by atoms with Crippen molar-refractivity contribution in [1.29, 1.82) is 0 Å². The summed E-state index contributed by atoms with van der Waals surface area (Å²) in [6.45, 7) is 5.58. The van der Waals surface area contributed by atoms with Crippen LogP contribution in [0.3, 0.4) is 0 Å². The normalized spacial score (nSPS) is 18.7. The van der Waals surface area contributed by atoms with E-state index in [9.17, 15) is 13.2 Å². The van der Waals surface area contributed by atoms with E-state index in [1.807, 2.05) is 13.1 Å². The number of nitrogens with zero attached hydrogens (tertiary/aromatic N) is 6. The van der Waals surface area contributed by atoms with E-state index in [4.69, 9.17) is 4.74 Å². The van der Waals surface area contributed by atoms with Gasteiger partial charge in [0.1, 0.15) is 17.0 Å². The lowest BCUT2D eigenvalue weighted by atomic mass is 9.93. The van der Waals surface area contributed by atoms with Gasteiger partial charge in [-0.05, 0) is 63.2 Å². The molecule has 0 bridgehead atoms. The summed E-state index contributed by atoms with van der Waals surface area (Å²) in [5, 5.41) is 11.9. The van der Waals surface area contributed by atoms with Crippen LogP contribution in [-0.4, -0.2) is 73.2 Å². The molecule has 0 aromatic carbocycles. The van der Waals surface area contributed by atoms with Crippen LogP contribution in [0.1, 0.15) is 47.6 Å². The number of aryl methyl sites for hydroxylation is 1. The van der Waals surface area contributed by atoms with E-state index >= 15 is 0 Å². The van der Waals surface area contributed by atoms with Crippen molar-refractivity contribution < 1.29 is 17.9 Å². The Labute approximate surface area is 215 Å². The third kappa shape index (κ3) is 5.01. The Morgan fingerprint density at radius 3 is 2.68 bits per heavy atom. The van der Waals surface area contributed by atoms with Gasteiger partial charge < -0.3 is 9.64 Å². The number of aromatic nitrogens is 6. The largest absolute Gasteiger partial charge is 0.393 e. The molecule has 4 aromatic heterocycles. The van der Waals surface area contributed by atoms with Gasteiger partial charge in [0.15, 0.2) is 5.65 Å². The van der Waals surface area contributed by atoms with Gasteiger partial charge in [-0.3, -0.25) is 5.10 Å². The zero-order valence-corrected chi connectivity index (χ0v) is 21.3. The topological polar surface area (TPSA) is 84.2 Å². The number of hydrogen-bond donors (Lipinski definition) is 1. The molecule has 6 rings (SSSR count). The maximum Gasteiger partial charge on any atom is 0.393 e. The van der Waals surface area contributed by atoms with Crippen LogP contribution in [0.15, 0.2) is 24.8 Å². The highest BCUT2D eigenvalue weighted by Gasteiger charge is 2.34. The van der Waals surface area contributed by atoms with Gasteiger partial charge in [-0.15, -0.1) is 11.3 Å². The molecule has 8 nitrogen and oxygen atoms in total. The number of thiazole rings is 1. The minimum absolute atomic E-state index is 0.0987. The number of pyridine rings is 1. The lowest BCUT2D eigenvalue weighted by Crippen LogP contribution is -2.43. The predicted octanol–water partition coefficient (Wildman–Crippen LogP) is 5.01. The molecule has 0 amide bonds. The van der Waals surface area contributed by atoms with Crippen LogP contribution in [0, 0.1) is 6.92 Å². The van der Waals surface area contributed by atoms with Crippen molar-refractivity contribution in [2.45, 2.75) is 57.2 Å². The van der Waals surface area contributed by atoms with Gasteiger partial charge in [0.25, 0.3) is 0 Å². The lowest BCUT2D eigenvalue weighted by Gasteiger charge is -2.39. The van der Waals surface area contributed by atoms with Crippen molar-refractivity contribution in [3.05, 3.63) is 40.8 Å². The molecular formula is C25H28F3N7OS. The van der Waals surface area contributed by atoms with E-state index < -0.39 is 12.6 Å². The van der Waals surface area contributed by atoms with E-state index in [2.05, 4.69) is 30.2 Å². The molecule has 12 heteroatoms. The molecule has 4 aromatic rings. The fraction of sp³-hybridized carbons (Fsp3) is 0.520. The first-order valence-electron chi connectivity index (χ1n) is 12.6. The van der Waals surface area contributed by atoms with Gasteiger partial charge in [-0.2, -0.15) is 23.4 Å². The monoisotopic (exact) mass is 531 g/mol. The molecule has 2 saturated heterocycles. The summed E-state index contributed by atoms with van der Waals surface area (Å²) in [6, 6.07) is 2.40. The smallest absolute Gasteiger partial charge is 0.381 e. The fourth-order valence-electron chi connectivity index (χ4n) is 5.57. The number of alkyl halides is 3. The second-order valence-electron chi connectivity index (χ2n) is 9.88. The molecule has 2 aliphatic heterocycles. The Kier molecular flexibility index (Phi) is 6.49. The molecule has 0 radical (unpaired) electrons. The van der Waals surface area contributed by atoms with Crippen molar-refractivity contribution in [2.75, 3.05) is 26.3 Å². The standard InChI is InChI=1S/C25H28F3N7OS/c1-15-10-17(13-35-23(15)30-14-31-35)21-19(11-25(26,27)28)22(33-32-21)24-29-12-20(37-24)16-2-6-34(7-3-16)18-4-8-36-9-5-18/h10,12-14,16,18H,2-9,11H2,1H3,(H,32,33). The van der Waals surface area contributed by atoms with Gasteiger partial charge in [0.05, 0.1) is 12.1 Å². The number of H-pyrrole nitrogens is 1. The van der Waals surface area contributed by atoms with E-state index in [-0.39, 0.29) is 11.3 Å². The van der Waals surface area contributed by atoms with E-state index in [0.717, 1.165) is 62.4 Å². The van der Waals surface area contributed by atoms with Crippen LogP contribution in [0.25, 0.3) is 27.6 Å². The number of likely N-dealkylation sites (tertiary alicyclic amines) is 1. The average molecular weight is 532 g/mol. The number of rotatable bonds is 5. The second kappa shape index (κ2) is 9.80. The number of piperidine rings is 1. The third-order valence-electron chi connectivity index (χ3n) is 7.46. The van der Waals surface area contributed by atoms with Crippen LogP contribution in [-0.2, 0) is 11.2 Å². The molecule has 0 unspecified atom stereocenters. The van der Waals surface area contributed by atoms with Gasteiger partial charge in [-0.25, -0.2) is 14.5 Å². The van der Waals surface area contributed by atoms with Crippen LogP contribution in [0.2, 0.25) is 0 Å². The number of nitrogens with one attached hydrogen (secondary N) is 1. The van der Waals surface area contributed by atoms with Crippen LogP contribution in [0.4, 0.5) is 13.2 Å². The highest BCUT2D eigenvalue weighted by molar-refractivity contribution is 7.15. The number of fused-ring (bicyclic) bond motifs is 1. The van der Waals surface area contributed by atoms with Crippen molar-refractivity contribution in [2.24, 2.45) is 0 Å². The van der Waals surface area contributed by atoms with Crippen LogP contribution < -0.4 is 0 Å². The van der Waals surface area contributed by atoms with Gasteiger partial charge >= 0.3 is 6.18 Å². The molecule has 1 N–H and O–H groups in total. The zero-order valence-electron chi connectivity index (χ0n) is 20.5. The van der Waals surface area contributed by atoms with Crippen molar-refractivity contribution in [3.8, 4) is 22.0 Å². The molecule has 196 valence electrons. The molecule has 0 aliphatic carbocycles. The molecule has 2 aliphatic rings. The summed E-state index contributed by atoms with van der Waals surface area (Å²) in [6.07, 6.45) is 3.65. The summed E-state index contributed by atoms with van der Waals surface area (Å²) >= 11 is 1.46. The Morgan fingerprint density at radius 1 is 1.14 bits per heavy atom. The van der Waals surface area contributed by atoms with Gasteiger partial charge in [-0.1, -0.05) is 0 Å². The zero-order chi connectivity index (χ0) is 25.6. The van der Waals surface area contributed by atoms with E-state index in [0.29, 0.717) is 33.9 Å². The molecule has 6 heterocycles. The summed E-state index contributed by atoms with van der Waals surface area (Å²) < 4.78 is 48.1. The first-order valence-corrected chi connectivity index (χ1v) is 13.4. The minimum Gasteiger partial charge on any atom is -0.381 e. The quantitative estimate of drug-likeness (QED) is 0.390. The lowest BCUT2D eigenvalue weighted by molar-refractivity contribution is -0.127. The molecule has 37 heavy (non-hydrogen) atoms. The molecular weight excluding hydrogens is 503 g/mol. The predicted molar refractivity (Wildman–Crippen MR) is 134 cm³/mol. The second-order valence-corrected chi connectivity index (χ2v) is 10.9. The Balaban J connectivity index is 1.27. The molecule has 0 saturated carbocycles. The SMILES string of the molecule is Cc1cc(-c2[nH]nc(-c3ncc(C4CCN(C5CCOCC5)CC4)s3)c2CC(F)(F)F)cn2ncnc12. The highest BCUT2D eigenvalue weighted by Crippen LogP contribution is 2.40. The number of hydrogen-bond acceptors (Lipinski definition) is 7. The van der Waals surface area contributed by atoms with Gasteiger partial charge in [0.2, 0.25) is 0 Å². The first kappa shape index (κ1) is 24.5. The summed E-state index contributed by atoms with van der Waals surface area (Å²) in [5.74, 6) is 0.365. The van der Waals surface area contributed by atoms with Crippen molar-refractivity contribution in [1.82, 2.24) is 34.7 Å². The van der Waals surface area contributed by atoms with Gasteiger partial charge in [0, 0.05) is 47.7 Å². The maximum atomic E-state index is 13.7. The maximum absolute atomic E-state index is 13.7. The molecule has 2 fully saturated rings. The average Bonchev–Trinajstić information content (AvgIpc) is 3.63. The first-order chi connectivity index (χ1) is 17.9. The van der Waals surface area contributed by atoms with E-state index in [1.165, 1.54) is 17.7 Å². The minimum atomic E-state index is -4.39. The number of aromatic amines is 1. The third-order valence-corrected chi connectivity index (χ3v) is 8.62.